The standard InChI is InChI=1S/C18H16N4O5/c1-26-16-6-4-3-5-14(16)21-18(23)12(10-19)11-20-15-9-13(22(24)25)7-8-17(15)27-2/h3-9,11,20H,1-2H3,(H,21,23)/b12-11-. The van der Waals surface area contributed by atoms with Gasteiger partial charge in [0.1, 0.15) is 23.1 Å². The van der Waals surface area contributed by atoms with Gasteiger partial charge in [0.05, 0.1) is 30.5 Å². The summed E-state index contributed by atoms with van der Waals surface area (Å²) in [5, 5.41) is 25.4. The zero-order valence-electron chi connectivity index (χ0n) is 14.6. The van der Waals surface area contributed by atoms with Crippen LogP contribution in [0.2, 0.25) is 0 Å². The number of carbonyl (C=O) groups is 1. The molecule has 0 aliphatic rings. The third kappa shape index (κ3) is 4.73. The second-order valence-electron chi connectivity index (χ2n) is 5.11. The molecule has 9 nitrogen and oxygen atoms in total. The van der Waals surface area contributed by atoms with Crippen LogP contribution in [0, 0.1) is 21.4 Å². The van der Waals surface area contributed by atoms with Gasteiger partial charge in [-0.2, -0.15) is 5.26 Å². The summed E-state index contributed by atoms with van der Waals surface area (Å²) in [5.41, 5.74) is 0.238. The van der Waals surface area contributed by atoms with Crippen LogP contribution in [-0.4, -0.2) is 25.1 Å². The molecule has 0 bridgehead atoms. The minimum absolute atomic E-state index is 0.163. The fourth-order valence-corrected chi connectivity index (χ4v) is 2.16. The number of nitriles is 1. The van der Waals surface area contributed by atoms with Crippen molar-refractivity contribution in [2.75, 3.05) is 24.9 Å². The molecule has 1 amide bonds. The van der Waals surface area contributed by atoms with E-state index in [9.17, 15) is 20.2 Å². The summed E-state index contributed by atoms with van der Waals surface area (Å²) in [5.74, 6) is 0.0922. The Morgan fingerprint density at radius 2 is 1.81 bits per heavy atom. The molecule has 0 aliphatic heterocycles. The van der Waals surface area contributed by atoms with Crippen molar-refractivity contribution in [2.45, 2.75) is 0 Å². The molecule has 0 saturated heterocycles. The average Bonchev–Trinajstić information content (AvgIpc) is 2.68. The van der Waals surface area contributed by atoms with E-state index in [2.05, 4.69) is 10.6 Å². The van der Waals surface area contributed by atoms with Crippen LogP contribution in [-0.2, 0) is 4.79 Å². The van der Waals surface area contributed by atoms with Gasteiger partial charge >= 0.3 is 0 Å². The Morgan fingerprint density at radius 3 is 2.44 bits per heavy atom. The first-order valence-electron chi connectivity index (χ1n) is 7.63. The molecule has 0 aliphatic carbocycles. The SMILES string of the molecule is COc1ccc([N+](=O)[O-])cc1N/C=C(/C#N)C(=O)Nc1ccccc1OC. The Morgan fingerprint density at radius 1 is 1.15 bits per heavy atom. The molecule has 2 rings (SSSR count). The Balaban J connectivity index is 2.24. The van der Waals surface area contributed by atoms with E-state index in [1.165, 1.54) is 32.4 Å². The highest BCUT2D eigenvalue weighted by atomic mass is 16.6. The van der Waals surface area contributed by atoms with Crippen LogP contribution >= 0.6 is 0 Å². The summed E-state index contributed by atoms with van der Waals surface area (Å²) in [6, 6.07) is 12.5. The van der Waals surface area contributed by atoms with Gasteiger partial charge < -0.3 is 20.1 Å². The fraction of sp³-hybridized carbons (Fsp3) is 0.111. The highest BCUT2D eigenvalue weighted by molar-refractivity contribution is 6.07. The monoisotopic (exact) mass is 368 g/mol. The molecule has 0 atom stereocenters. The number of hydrogen-bond donors (Lipinski definition) is 2. The molecule has 0 spiro atoms. The minimum atomic E-state index is -0.668. The number of rotatable bonds is 7. The van der Waals surface area contributed by atoms with Crippen LogP contribution in [0.15, 0.2) is 54.2 Å². The number of para-hydroxylation sites is 2. The first-order chi connectivity index (χ1) is 13.0. The number of benzene rings is 2. The Hall–Kier alpha value is -4.06. The molecule has 0 unspecified atom stereocenters. The molecule has 0 radical (unpaired) electrons. The normalized spacial score (nSPS) is 10.5. The second kappa shape index (κ2) is 8.87. The first kappa shape index (κ1) is 19.3. The molecular weight excluding hydrogens is 352 g/mol. The van der Waals surface area contributed by atoms with E-state index in [4.69, 9.17) is 9.47 Å². The van der Waals surface area contributed by atoms with Gasteiger partial charge in [-0.05, 0) is 18.2 Å². The molecule has 0 saturated carbocycles. The fourth-order valence-electron chi connectivity index (χ4n) is 2.16. The quantitative estimate of drug-likeness (QED) is 0.333. The predicted molar refractivity (Wildman–Crippen MR) is 98.6 cm³/mol. The number of hydrogen-bond acceptors (Lipinski definition) is 7. The van der Waals surface area contributed by atoms with Crippen molar-refractivity contribution in [3.63, 3.8) is 0 Å². The van der Waals surface area contributed by atoms with Crippen LogP contribution in [0.4, 0.5) is 17.1 Å². The number of nitrogens with zero attached hydrogens (tertiary/aromatic N) is 2. The number of amides is 1. The van der Waals surface area contributed by atoms with Crippen LogP contribution in [0.5, 0.6) is 11.5 Å². The maximum absolute atomic E-state index is 12.3. The maximum Gasteiger partial charge on any atom is 0.271 e. The number of non-ortho nitro benzene ring substituents is 1. The van der Waals surface area contributed by atoms with Gasteiger partial charge in [-0.1, -0.05) is 12.1 Å². The summed E-state index contributed by atoms with van der Waals surface area (Å²) < 4.78 is 10.3. The minimum Gasteiger partial charge on any atom is -0.495 e. The van der Waals surface area contributed by atoms with Crippen molar-refractivity contribution < 1.29 is 19.2 Å². The Kier molecular flexibility index (Phi) is 6.33. The van der Waals surface area contributed by atoms with Gasteiger partial charge in [-0.3, -0.25) is 14.9 Å². The van der Waals surface area contributed by atoms with Crippen LogP contribution in [0.25, 0.3) is 0 Å². The van der Waals surface area contributed by atoms with Crippen molar-refractivity contribution in [1.29, 1.82) is 5.26 Å². The number of nitro benzene ring substituents is 1. The largest absolute Gasteiger partial charge is 0.495 e. The van der Waals surface area contributed by atoms with E-state index in [0.717, 1.165) is 6.20 Å². The summed E-state index contributed by atoms with van der Waals surface area (Å²) in [6.45, 7) is 0. The molecule has 2 aromatic rings. The molecule has 0 aromatic heterocycles. The third-order valence-electron chi connectivity index (χ3n) is 3.49. The van der Waals surface area contributed by atoms with E-state index in [-0.39, 0.29) is 16.9 Å². The molecule has 27 heavy (non-hydrogen) atoms. The van der Waals surface area contributed by atoms with Crippen molar-refractivity contribution in [2.24, 2.45) is 0 Å². The second-order valence-corrected chi connectivity index (χ2v) is 5.11. The maximum atomic E-state index is 12.3. The van der Waals surface area contributed by atoms with Gasteiger partial charge in [0.25, 0.3) is 11.6 Å². The number of nitrogens with one attached hydrogen (secondary N) is 2. The Bertz CT molecular complexity index is 934. The van der Waals surface area contributed by atoms with Crippen molar-refractivity contribution in [1.82, 2.24) is 0 Å². The van der Waals surface area contributed by atoms with Gasteiger partial charge in [0.15, 0.2) is 0 Å². The van der Waals surface area contributed by atoms with Gasteiger partial charge in [0, 0.05) is 18.3 Å². The molecule has 9 heteroatoms. The molecule has 138 valence electrons. The predicted octanol–water partition coefficient (Wildman–Crippen LogP) is 3.07. The van der Waals surface area contributed by atoms with E-state index < -0.39 is 10.8 Å². The lowest BCUT2D eigenvalue weighted by Crippen LogP contribution is -2.15. The van der Waals surface area contributed by atoms with E-state index in [1.54, 1.807) is 30.3 Å². The van der Waals surface area contributed by atoms with E-state index in [1.807, 2.05) is 0 Å². The number of carbonyl (C=O) groups excluding carboxylic acids is 1. The molecule has 2 aromatic carbocycles. The van der Waals surface area contributed by atoms with E-state index in [0.29, 0.717) is 17.2 Å². The first-order valence-corrected chi connectivity index (χ1v) is 7.63. The smallest absolute Gasteiger partial charge is 0.271 e. The van der Waals surface area contributed by atoms with Gasteiger partial charge in [-0.15, -0.1) is 0 Å². The zero-order valence-corrected chi connectivity index (χ0v) is 14.6. The average molecular weight is 368 g/mol. The summed E-state index contributed by atoms with van der Waals surface area (Å²) in [7, 11) is 2.86. The lowest BCUT2D eigenvalue weighted by atomic mass is 10.2. The van der Waals surface area contributed by atoms with Crippen LogP contribution < -0.4 is 20.1 Å². The number of anilines is 2. The zero-order chi connectivity index (χ0) is 19.8. The van der Waals surface area contributed by atoms with Gasteiger partial charge in [-0.25, -0.2) is 0 Å². The number of nitro groups is 1. The van der Waals surface area contributed by atoms with Gasteiger partial charge in [0.2, 0.25) is 0 Å². The van der Waals surface area contributed by atoms with Crippen molar-refractivity contribution in [3.05, 3.63) is 64.4 Å². The summed E-state index contributed by atoms with van der Waals surface area (Å²) >= 11 is 0. The lowest BCUT2D eigenvalue weighted by molar-refractivity contribution is -0.384. The van der Waals surface area contributed by atoms with Crippen molar-refractivity contribution >= 4 is 23.0 Å². The summed E-state index contributed by atoms with van der Waals surface area (Å²) in [6.07, 6.45) is 1.15. The molecule has 2 N–H and O–H groups in total. The molecule has 0 fully saturated rings. The summed E-state index contributed by atoms with van der Waals surface area (Å²) in [4.78, 5) is 22.7. The highest BCUT2D eigenvalue weighted by Crippen LogP contribution is 2.29. The van der Waals surface area contributed by atoms with Crippen LogP contribution in [0.3, 0.4) is 0 Å². The lowest BCUT2D eigenvalue weighted by Gasteiger charge is -2.10. The molecular formula is C18H16N4O5. The van der Waals surface area contributed by atoms with E-state index >= 15 is 0 Å². The molecule has 0 heterocycles. The van der Waals surface area contributed by atoms with Crippen LogP contribution in [0.1, 0.15) is 0 Å². The number of ether oxygens (including phenoxy) is 2. The topological polar surface area (TPSA) is 127 Å². The highest BCUT2D eigenvalue weighted by Gasteiger charge is 2.14. The van der Waals surface area contributed by atoms with Crippen molar-refractivity contribution in [3.8, 4) is 17.6 Å². The Labute approximate surface area is 155 Å². The number of methoxy groups -OCH3 is 2. The third-order valence-corrected chi connectivity index (χ3v) is 3.49.